The Morgan fingerprint density at radius 2 is 1.73 bits per heavy atom. The fourth-order valence-corrected chi connectivity index (χ4v) is 4.70. The zero-order chi connectivity index (χ0) is 21.7. The van der Waals surface area contributed by atoms with Gasteiger partial charge in [0.15, 0.2) is 5.41 Å². The lowest BCUT2D eigenvalue weighted by Gasteiger charge is -2.48. The van der Waals surface area contributed by atoms with Crippen LogP contribution in [0.5, 0.6) is 0 Å². The van der Waals surface area contributed by atoms with Gasteiger partial charge < -0.3 is 9.47 Å². The molecule has 2 fully saturated rings. The summed E-state index contributed by atoms with van der Waals surface area (Å²) in [5.41, 5.74) is -3.26. The molecule has 0 spiro atoms. The highest BCUT2D eigenvalue weighted by molar-refractivity contribution is 6.30. The van der Waals surface area contributed by atoms with Crippen LogP contribution in [0.15, 0.2) is 48.5 Å². The van der Waals surface area contributed by atoms with Gasteiger partial charge in [-0.3, -0.25) is 5.41 Å². The summed E-state index contributed by atoms with van der Waals surface area (Å²) in [5.74, 6) is -3.55. The second-order valence-electron chi connectivity index (χ2n) is 7.33. The summed E-state index contributed by atoms with van der Waals surface area (Å²) in [6.07, 6.45) is -1.29. The molecule has 8 heteroatoms. The highest BCUT2D eigenvalue weighted by Crippen LogP contribution is 2.69. The topological polar surface area (TPSA) is 114 Å². The standard InChI is InChI=1S/C22H14ClFN4O2/c1-13-21(12-27)19(28)30-22(13,15-3-2-4-16(23)9-15)29-18(20(21,10-25)11-26)14-5-7-17(24)8-6-14/h2-9,13,18,28H,1H3. The zero-order valence-electron chi connectivity index (χ0n) is 15.7. The van der Waals surface area contributed by atoms with Crippen LogP contribution in [0, 0.1) is 62.0 Å². The molecule has 4 unspecified atom stereocenters. The Hall–Kier alpha value is -3.44. The highest BCUT2D eigenvalue weighted by atomic mass is 35.5. The van der Waals surface area contributed by atoms with Gasteiger partial charge in [-0.1, -0.05) is 42.8 Å². The number of nitrogens with one attached hydrogen (secondary N) is 1. The molecule has 0 radical (unpaired) electrons. The molecule has 4 rings (SSSR count). The molecular weight excluding hydrogens is 407 g/mol. The first kappa shape index (κ1) is 19.9. The summed E-state index contributed by atoms with van der Waals surface area (Å²) in [5, 5.41) is 39.4. The molecule has 0 aliphatic carbocycles. The lowest BCUT2D eigenvalue weighted by atomic mass is 9.53. The molecule has 2 saturated heterocycles. The third kappa shape index (κ3) is 2.21. The molecule has 2 heterocycles. The predicted octanol–water partition coefficient (Wildman–Crippen LogP) is 4.59. The van der Waals surface area contributed by atoms with Gasteiger partial charge >= 0.3 is 0 Å². The van der Waals surface area contributed by atoms with Crippen LogP contribution in [0.25, 0.3) is 0 Å². The van der Waals surface area contributed by atoms with Crippen LogP contribution in [0.4, 0.5) is 4.39 Å². The van der Waals surface area contributed by atoms with Crippen molar-refractivity contribution in [3.05, 3.63) is 70.5 Å². The molecule has 30 heavy (non-hydrogen) atoms. The van der Waals surface area contributed by atoms with Gasteiger partial charge in [-0.05, 0) is 29.8 Å². The molecule has 0 aromatic heterocycles. The van der Waals surface area contributed by atoms with Gasteiger partial charge in [0.25, 0.3) is 0 Å². The minimum Gasteiger partial charge on any atom is -0.443 e. The number of halogens is 2. The first-order valence-corrected chi connectivity index (χ1v) is 9.40. The van der Waals surface area contributed by atoms with Crippen LogP contribution in [0.3, 0.4) is 0 Å². The Kier molecular flexibility index (Phi) is 4.33. The van der Waals surface area contributed by atoms with Crippen molar-refractivity contribution >= 4 is 17.5 Å². The maximum absolute atomic E-state index is 13.5. The normalized spacial score (nSPS) is 31.1. The van der Waals surface area contributed by atoms with Crippen LogP contribution >= 0.6 is 11.6 Å². The third-order valence-electron chi connectivity index (χ3n) is 6.07. The van der Waals surface area contributed by atoms with Crippen molar-refractivity contribution in [1.82, 2.24) is 0 Å². The highest BCUT2D eigenvalue weighted by Gasteiger charge is 2.79. The molecule has 4 atom stereocenters. The number of hydrogen-bond donors (Lipinski definition) is 1. The lowest BCUT2D eigenvalue weighted by Crippen LogP contribution is -2.57. The molecule has 0 amide bonds. The number of benzene rings is 2. The number of fused-ring (bicyclic) bond motifs is 2. The van der Waals surface area contributed by atoms with Crippen molar-refractivity contribution in [2.45, 2.75) is 18.8 Å². The molecule has 2 aliphatic rings. The maximum atomic E-state index is 13.5. The molecular formula is C22H14ClFN4O2. The van der Waals surface area contributed by atoms with Gasteiger partial charge in [0.1, 0.15) is 11.9 Å². The molecule has 0 saturated carbocycles. The summed E-state index contributed by atoms with van der Waals surface area (Å²) in [6, 6.07) is 17.6. The number of nitrogens with zero attached hydrogens (tertiary/aromatic N) is 3. The number of ether oxygens (including phenoxy) is 2. The molecule has 2 aromatic carbocycles. The van der Waals surface area contributed by atoms with E-state index in [4.69, 9.17) is 26.5 Å². The van der Waals surface area contributed by atoms with Crippen molar-refractivity contribution in [3.8, 4) is 18.2 Å². The first-order chi connectivity index (χ1) is 14.3. The Labute approximate surface area is 177 Å². The molecule has 148 valence electrons. The van der Waals surface area contributed by atoms with E-state index in [1.165, 1.54) is 24.3 Å². The third-order valence-corrected chi connectivity index (χ3v) is 6.30. The monoisotopic (exact) mass is 420 g/mol. The molecule has 2 aliphatic heterocycles. The zero-order valence-corrected chi connectivity index (χ0v) is 16.4. The van der Waals surface area contributed by atoms with Gasteiger partial charge in [0, 0.05) is 10.6 Å². The van der Waals surface area contributed by atoms with Crippen LogP contribution < -0.4 is 0 Å². The van der Waals surface area contributed by atoms with Crippen molar-refractivity contribution < 1.29 is 13.9 Å². The Morgan fingerprint density at radius 1 is 1.07 bits per heavy atom. The fraction of sp³-hybridized carbons (Fsp3) is 0.273. The van der Waals surface area contributed by atoms with E-state index in [0.717, 1.165) is 0 Å². The summed E-state index contributed by atoms with van der Waals surface area (Å²) < 4.78 is 25.7. The van der Waals surface area contributed by atoms with Crippen LogP contribution in [-0.2, 0) is 15.3 Å². The molecule has 1 N–H and O–H groups in total. The number of nitriles is 3. The minimum atomic E-state index is -2.10. The van der Waals surface area contributed by atoms with E-state index in [2.05, 4.69) is 0 Å². The van der Waals surface area contributed by atoms with Gasteiger partial charge in [-0.15, -0.1) is 0 Å². The molecule has 6 nitrogen and oxygen atoms in total. The van der Waals surface area contributed by atoms with Gasteiger partial charge in [-0.2, -0.15) is 15.8 Å². The largest absolute Gasteiger partial charge is 0.443 e. The Morgan fingerprint density at radius 3 is 2.30 bits per heavy atom. The van der Waals surface area contributed by atoms with Crippen LogP contribution in [-0.4, -0.2) is 5.90 Å². The van der Waals surface area contributed by atoms with E-state index in [0.29, 0.717) is 16.1 Å². The molecule has 2 bridgehead atoms. The quantitative estimate of drug-likeness (QED) is 0.763. The smallest absolute Gasteiger partial charge is 0.244 e. The van der Waals surface area contributed by atoms with Crippen molar-refractivity contribution in [2.75, 3.05) is 0 Å². The summed E-state index contributed by atoms with van der Waals surface area (Å²) in [4.78, 5) is 0. The average molecular weight is 421 g/mol. The van der Waals surface area contributed by atoms with Gasteiger partial charge in [0.2, 0.25) is 17.1 Å². The predicted molar refractivity (Wildman–Crippen MR) is 103 cm³/mol. The van der Waals surface area contributed by atoms with Crippen molar-refractivity contribution in [2.24, 2.45) is 16.7 Å². The Balaban J connectivity index is 2.04. The SMILES string of the molecule is CC1C2(c3cccc(Cl)c3)OC(=N)C1(C#N)C(C#N)(C#N)C(c1ccc(F)cc1)O2. The van der Waals surface area contributed by atoms with Gasteiger partial charge in [-0.25, -0.2) is 4.39 Å². The second kappa shape index (κ2) is 6.54. The van der Waals surface area contributed by atoms with E-state index in [1.807, 2.05) is 18.2 Å². The summed E-state index contributed by atoms with van der Waals surface area (Å²) in [7, 11) is 0. The van der Waals surface area contributed by atoms with E-state index < -0.39 is 40.4 Å². The molecule has 2 aromatic rings. The van der Waals surface area contributed by atoms with Gasteiger partial charge in [0.05, 0.1) is 24.1 Å². The maximum Gasteiger partial charge on any atom is 0.244 e. The fourth-order valence-electron chi connectivity index (χ4n) is 4.51. The minimum absolute atomic E-state index is 0.315. The van der Waals surface area contributed by atoms with E-state index >= 15 is 0 Å². The van der Waals surface area contributed by atoms with E-state index in [1.54, 1.807) is 31.2 Å². The van der Waals surface area contributed by atoms with E-state index in [9.17, 15) is 20.2 Å². The van der Waals surface area contributed by atoms with Crippen molar-refractivity contribution in [3.63, 3.8) is 0 Å². The average Bonchev–Trinajstić information content (AvgIpc) is 2.91. The summed E-state index contributed by atoms with van der Waals surface area (Å²) >= 11 is 6.15. The van der Waals surface area contributed by atoms with E-state index in [-0.39, 0.29) is 0 Å². The summed E-state index contributed by atoms with van der Waals surface area (Å²) in [6.45, 7) is 1.61. The first-order valence-electron chi connectivity index (χ1n) is 9.02. The number of rotatable bonds is 2. The van der Waals surface area contributed by atoms with Crippen LogP contribution in [0.1, 0.15) is 24.2 Å². The second-order valence-corrected chi connectivity index (χ2v) is 7.77. The van der Waals surface area contributed by atoms with Crippen molar-refractivity contribution in [1.29, 1.82) is 21.2 Å². The number of hydrogen-bond acceptors (Lipinski definition) is 6. The van der Waals surface area contributed by atoms with Crippen LogP contribution in [0.2, 0.25) is 5.02 Å². The lowest BCUT2D eigenvalue weighted by molar-refractivity contribution is -0.288. The Bertz CT molecular complexity index is 1170.